The summed E-state index contributed by atoms with van der Waals surface area (Å²) in [6.45, 7) is 1.00. The molecule has 4 rings (SSSR count). The van der Waals surface area contributed by atoms with Gasteiger partial charge in [0.15, 0.2) is 5.78 Å². The van der Waals surface area contributed by atoms with Gasteiger partial charge in [-0.15, -0.1) is 10.2 Å². The molecule has 11 heteroatoms. The van der Waals surface area contributed by atoms with Crippen LogP contribution >= 0.6 is 0 Å². The number of carbonyl (C=O) groups is 2. The van der Waals surface area contributed by atoms with Gasteiger partial charge in [0, 0.05) is 44.0 Å². The fraction of sp³-hybridized carbons (Fsp3) is 0.429. The number of amides is 1. The number of H-pyrrole nitrogens is 1. The number of ketones is 1. The molecule has 0 aromatic carbocycles. The first kappa shape index (κ1) is 21.6. The molecule has 1 fully saturated rings. The van der Waals surface area contributed by atoms with Crippen molar-refractivity contribution in [1.82, 2.24) is 29.7 Å². The fourth-order valence-corrected chi connectivity index (χ4v) is 3.86. The second-order valence-corrected chi connectivity index (χ2v) is 7.72. The van der Waals surface area contributed by atoms with Crippen molar-refractivity contribution in [3.05, 3.63) is 52.1 Å². The largest absolute Gasteiger partial charge is 0.480 e. The molecule has 0 radical (unpaired) electrons. The molecule has 1 N–H and O–H groups in total. The van der Waals surface area contributed by atoms with Gasteiger partial charge in [-0.1, -0.05) is 0 Å². The summed E-state index contributed by atoms with van der Waals surface area (Å²) in [5.41, 5.74) is 0.0236. The first-order valence-corrected chi connectivity index (χ1v) is 10.4. The molecule has 32 heavy (non-hydrogen) atoms. The highest BCUT2D eigenvalue weighted by molar-refractivity contribution is 5.96. The number of halogens is 1. The summed E-state index contributed by atoms with van der Waals surface area (Å²) in [5, 5.41) is 11.9. The molecule has 0 aliphatic carbocycles. The number of likely N-dealkylation sites (tertiary alicyclic amines) is 1. The Hall–Kier alpha value is -3.63. The lowest BCUT2D eigenvalue weighted by Gasteiger charge is -2.31. The van der Waals surface area contributed by atoms with Gasteiger partial charge < -0.3 is 14.6 Å². The number of Topliss-reactive ketones (excluding diaryl/α,β-unsaturated/α-hetero) is 1. The van der Waals surface area contributed by atoms with Crippen LogP contribution in [0, 0.1) is 11.7 Å². The molecule has 0 unspecified atom stereocenters. The van der Waals surface area contributed by atoms with Crippen molar-refractivity contribution in [2.45, 2.75) is 32.1 Å². The average molecular weight is 442 g/mol. The molecule has 0 spiro atoms. The zero-order valence-electron chi connectivity index (χ0n) is 17.6. The van der Waals surface area contributed by atoms with Crippen LogP contribution in [0.15, 0.2) is 29.2 Å². The van der Waals surface area contributed by atoms with Crippen molar-refractivity contribution in [2.75, 3.05) is 20.2 Å². The summed E-state index contributed by atoms with van der Waals surface area (Å²) in [4.78, 5) is 41.5. The predicted molar refractivity (Wildman–Crippen MR) is 111 cm³/mol. The lowest BCUT2D eigenvalue weighted by molar-refractivity contribution is -0.132. The van der Waals surface area contributed by atoms with E-state index in [4.69, 9.17) is 4.74 Å². The predicted octanol–water partition coefficient (Wildman–Crippen LogP) is 1.40. The number of ether oxygens (including phenoxy) is 1. The Morgan fingerprint density at radius 1 is 1.25 bits per heavy atom. The highest BCUT2D eigenvalue weighted by atomic mass is 19.1. The maximum absolute atomic E-state index is 13.3. The summed E-state index contributed by atoms with van der Waals surface area (Å²) in [5.74, 6) is -0.0480. The van der Waals surface area contributed by atoms with Crippen molar-refractivity contribution >= 4 is 17.2 Å². The van der Waals surface area contributed by atoms with E-state index >= 15 is 0 Å². The SMILES string of the molecule is COc1ccc(C(=O)C2CCN(C(=O)CCCc3nn4cc(F)cc4c(=O)[nH]3)CC2)nn1. The first-order chi connectivity index (χ1) is 15.4. The van der Waals surface area contributed by atoms with Gasteiger partial charge in [0.1, 0.15) is 22.9 Å². The van der Waals surface area contributed by atoms with E-state index in [-0.39, 0.29) is 23.1 Å². The third-order valence-corrected chi connectivity index (χ3v) is 5.61. The summed E-state index contributed by atoms with van der Waals surface area (Å²) in [6, 6.07) is 4.32. The minimum Gasteiger partial charge on any atom is -0.480 e. The van der Waals surface area contributed by atoms with Crippen molar-refractivity contribution in [3.8, 4) is 5.88 Å². The lowest BCUT2D eigenvalue weighted by atomic mass is 9.90. The van der Waals surface area contributed by atoms with Crippen LogP contribution in [0.2, 0.25) is 0 Å². The number of nitrogens with zero attached hydrogens (tertiary/aromatic N) is 5. The molecular weight excluding hydrogens is 419 g/mol. The lowest BCUT2D eigenvalue weighted by Crippen LogP contribution is -2.40. The van der Waals surface area contributed by atoms with E-state index in [2.05, 4.69) is 20.3 Å². The van der Waals surface area contributed by atoms with E-state index in [1.807, 2.05) is 0 Å². The Morgan fingerprint density at radius 3 is 2.72 bits per heavy atom. The summed E-state index contributed by atoms with van der Waals surface area (Å²) in [7, 11) is 1.48. The Bertz CT molecular complexity index is 1180. The molecule has 1 aliphatic heterocycles. The number of piperidine rings is 1. The molecule has 0 bridgehead atoms. The second kappa shape index (κ2) is 9.25. The van der Waals surface area contributed by atoms with Gasteiger partial charge in [-0.3, -0.25) is 14.4 Å². The fourth-order valence-electron chi connectivity index (χ4n) is 3.86. The van der Waals surface area contributed by atoms with Crippen LogP contribution in [-0.4, -0.2) is 61.6 Å². The first-order valence-electron chi connectivity index (χ1n) is 10.4. The zero-order chi connectivity index (χ0) is 22.7. The molecule has 10 nitrogen and oxygen atoms in total. The van der Waals surface area contributed by atoms with E-state index in [1.165, 1.54) is 11.6 Å². The van der Waals surface area contributed by atoms with Crippen LogP contribution in [0.3, 0.4) is 0 Å². The van der Waals surface area contributed by atoms with Crippen LogP contribution in [0.5, 0.6) is 5.88 Å². The van der Waals surface area contributed by atoms with E-state index in [0.29, 0.717) is 62.6 Å². The minimum absolute atomic E-state index is 0.00410. The number of rotatable bonds is 7. The molecule has 0 atom stereocenters. The Kier molecular flexibility index (Phi) is 6.24. The van der Waals surface area contributed by atoms with Crippen molar-refractivity contribution < 1.29 is 18.7 Å². The number of methoxy groups -OCH3 is 1. The molecular formula is C21H23FN6O4. The normalized spacial score (nSPS) is 14.6. The number of aromatic nitrogens is 5. The van der Waals surface area contributed by atoms with E-state index < -0.39 is 11.4 Å². The van der Waals surface area contributed by atoms with Crippen molar-refractivity contribution in [1.29, 1.82) is 0 Å². The molecule has 3 aromatic rings. The van der Waals surface area contributed by atoms with Gasteiger partial charge in [-0.25, -0.2) is 8.91 Å². The third-order valence-electron chi connectivity index (χ3n) is 5.61. The summed E-state index contributed by atoms with van der Waals surface area (Å²) < 4.78 is 19.5. The second-order valence-electron chi connectivity index (χ2n) is 7.72. The topological polar surface area (TPSA) is 123 Å². The average Bonchev–Trinajstić information content (AvgIpc) is 3.19. The number of fused-ring (bicyclic) bond motifs is 1. The van der Waals surface area contributed by atoms with Crippen LogP contribution in [0.1, 0.15) is 42.0 Å². The van der Waals surface area contributed by atoms with Gasteiger partial charge >= 0.3 is 0 Å². The highest BCUT2D eigenvalue weighted by Gasteiger charge is 2.28. The zero-order valence-corrected chi connectivity index (χ0v) is 17.6. The van der Waals surface area contributed by atoms with Gasteiger partial charge in [0.2, 0.25) is 11.8 Å². The monoisotopic (exact) mass is 442 g/mol. The number of hydrogen-bond acceptors (Lipinski definition) is 7. The Morgan fingerprint density at radius 2 is 2.03 bits per heavy atom. The third kappa shape index (κ3) is 4.66. The quantitative estimate of drug-likeness (QED) is 0.549. The van der Waals surface area contributed by atoms with Crippen molar-refractivity contribution in [3.63, 3.8) is 0 Å². The number of nitrogens with one attached hydrogen (secondary N) is 1. The minimum atomic E-state index is -0.531. The van der Waals surface area contributed by atoms with Gasteiger partial charge in [-0.05, 0) is 25.3 Å². The Labute approximate surface area is 182 Å². The van der Waals surface area contributed by atoms with Crippen molar-refractivity contribution in [2.24, 2.45) is 5.92 Å². The number of aryl methyl sites for hydroxylation is 1. The maximum atomic E-state index is 13.3. The summed E-state index contributed by atoms with van der Waals surface area (Å²) in [6.07, 6.45) is 3.47. The summed E-state index contributed by atoms with van der Waals surface area (Å²) >= 11 is 0. The van der Waals surface area contributed by atoms with Crippen LogP contribution in [0.4, 0.5) is 4.39 Å². The van der Waals surface area contributed by atoms with E-state index in [1.54, 1.807) is 17.0 Å². The number of aromatic amines is 1. The Balaban J connectivity index is 1.25. The van der Waals surface area contributed by atoms with E-state index in [9.17, 15) is 18.8 Å². The molecule has 1 saturated heterocycles. The molecule has 1 aliphatic rings. The van der Waals surface area contributed by atoms with Crippen LogP contribution in [-0.2, 0) is 11.2 Å². The molecule has 0 saturated carbocycles. The molecule has 3 aromatic heterocycles. The smallest absolute Gasteiger partial charge is 0.275 e. The number of hydrogen-bond donors (Lipinski definition) is 1. The van der Waals surface area contributed by atoms with E-state index in [0.717, 1.165) is 12.3 Å². The molecule has 168 valence electrons. The molecule has 4 heterocycles. The van der Waals surface area contributed by atoms with Gasteiger partial charge in [0.05, 0.1) is 13.3 Å². The molecule has 1 amide bonds. The van der Waals surface area contributed by atoms with Gasteiger partial charge in [0.25, 0.3) is 5.56 Å². The standard InChI is InChI=1S/C21H23FN6O4/c1-32-18-6-5-15(24-25-18)20(30)13-7-9-27(10-8-13)19(29)4-2-3-17-23-21(31)16-11-14(22)12-28(16)26-17/h5-6,11-13H,2-4,7-10H2,1H3,(H,23,26,31). The highest BCUT2D eigenvalue weighted by Crippen LogP contribution is 2.22. The maximum Gasteiger partial charge on any atom is 0.275 e. The number of carbonyl (C=O) groups excluding carboxylic acids is 2. The van der Waals surface area contributed by atoms with Gasteiger partial charge in [-0.2, -0.15) is 5.10 Å². The van der Waals surface area contributed by atoms with Crippen LogP contribution in [0.25, 0.3) is 5.52 Å². The van der Waals surface area contributed by atoms with Crippen LogP contribution < -0.4 is 10.3 Å².